The second-order valence-electron chi connectivity index (χ2n) is 3.20. The number of rotatable bonds is 4. The molecule has 0 aliphatic heterocycles. The van der Waals surface area contributed by atoms with Crippen LogP contribution >= 0.6 is 0 Å². The second-order valence-corrected chi connectivity index (χ2v) is 3.20. The Bertz CT molecular complexity index is 339. The Kier molecular flexibility index (Phi) is 4.00. The summed E-state index contributed by atoms with van der Waals surface area (Å²) < 4.78 is 5.23. The summed E-state index contributed by atoms with van der Waals surface area (Å²) in [6.45, 7) is 2.14. The Hall–Kier alpha value is -1.49. The monoisotopic (exact) mass is 189 g/mol. The van der Waals surface area contributed by atoms with Gasteiger partial charge in [-0.3, -0.25) is 0 Å². The van der Waals surface area contributed by atoms with E-state index < -0.39 is 0 Å². The van der Waals surface area contributed by atoms with Crippen LogP contribution in [0.3, 0.4) is 0 Å². The van der Waals surface area contributed by atoms with E-state index in [-0.39, 0.29) is 0 Å². The number of ether oxygens (including phenoxy) is 1. The van der Waals surface area contributed by atoms with Crippen molar-refractivity contribution >= 4 is 0 Å². The van der Waals surface area contributed by atoms with Gasteiger partial charge in [-0.15, -0.1) is 0 Å². The molecule has 0 bridgehead atoms. The Labute approximate surface area is 85.1 Å². The van der Waals surface area contributed by atoms with Crippen molar-refractivity contribution in [1.29, 1.82) is 5.26 Å². The predicted molar refractivity (Wildman–Crippen MR) is 56.3 cm³/mol. The van der Waals surface area contributed by atoms with Crippen LogP contribution in [0.2, 0.25) is 0 Å². The van der Waals surface area contributed by atoms with E-state index in [4.69, 9.17) is 10.00 Å². The summed E-state index contributed by atoms with van der Waals surface area (Å²) in [4.78, 5) is 0. The highest BCUT2D eigenvalue weighted by Crippen LogP contribution is 2.23. The van der Waals surface area contributed by atoms with Gasteiger partial charge in [-0.1, -0.05) is 19.4 Å². The normalized spacial score (nSPS) is 9.50. The second kappa shape index (κ2) is 5.29. The SMILES string of the molecule is CCCCc1c(C#N)cccc1OC. The summed E-state index contributed by atoms with van der Waals surface area (Å²) in [7, 11) is 1.64. The number of methoxy groups -OCH3 is 1. The van der Waals surface area contributed by atoms with Crippen LogP contribution in [0.5, 0.6) is 5.75 Å². The van der Waals surface area contributed by atoms with Gasteiger partial charge in [0.05, 0.1) is 18.7 Å². The van der Waals surface area contributed by atoms with Crippen molar-refractivity contribution in [2.24, 2.45) is 0 Å². The lowest BCUT2D eigenvalue weighted by atomic mass is 10.0. The number of nitriles is 1. The van der Waals surface area contributed by atoms with Gasteiger partial charge in [0.15, 0.2) is 0 Å². The number of unbranched alkanes of at least 4 members (excludes halogenated alkanes) is 1. The molecular formula is C12H15NO. The number of nitrogens with zero attached hydrogens (tertiary/aromatic N) is 1. The Balaban J connectivity index is 3.01. The van der Waals surface area contributed by atoms with Gasteiger partial charge in [0.25, 0.3) is 0 Å². The van der Waals surface area contributed by atoms with Crippen LogP contribution in [-0.2, 0) is 6.42 Å². The third-order valence-corrected chi connectivity index (χ3v) is 2.25. The Morgan fingerprint density at radius 2 is 2.21 bits per heavy atom. The molecular weight excluding hydrogens is 174 g/mol. The van der Waals surface area contributed by atoms with Crippen LogP contribution in [0.4, 0.5) is 0 Å². The summed E-state index contributed by atoms with van der Waals surface area (Å²) >= 11 is 0. The fourth-order valence-electron chi connectivity index (χ4n) is 1.47. The molecule has 74 valence electrons. The minimum absolute atomic E-state index is 0.734. The summed E-state index contributed by atoms with van der Waals surface area (Å²) in [5, 5.41) is 8.93. The highest BCUT2D eigenvalue weighted by atomic mass is 16.5. The first-order valence-electron chi connectivity index (χ1n) is 4.89. The van der Waals surface area contributed by atoms with E-state index in [2.05, 4.69) is 13.0 Å². The number of benzene rings is 1. The smallest absolute Gasteiger partial charge is 0.123 e. The molecule has 2 heteroatoms. The fraction of sp³-hybridized carbons (Fsp3) is 0.417. The van der Waals surface area contributed by atoms with Crippen molar-refractivity contribution in [3.8, 4) is 11.8 Å². The molecule has 0 aromatic heterocycles. The van der Waals surface area contributed by atoms with Gasteiger partial charge < -0.3 is 4.74 Å². The molecule has 1 aromatic carbocycles. The van der Waals surface area contributed by atoms with Gasteiger partial charge >= 0.3 is 0 Å². The van der Waals surface area contributed by atoms with E-state index in [0.717, 1.165) is 36.1 Å². The lowest BCUT2D eigenvalue weighted by Crippen LogP contribution is -1.95. The maximum absolute atomic E-state index is 8.93. The Morgan fingerprint density at radius 1 is 1.43 bits per heavy atom. The van der Waals surface area contributed by atoms with Gasteiger partial charge in [0.1, 0.15) is 5.75 Å². The minimum Gasteiger partial charge on any atom is -0.496 e. The molecule has 2 nitrogen and oxygen atoms in total. The molecule has 0 saturated heterocycles. The zero-order chi connectivity index (χ0) is 10.4. The third kappa shape index (κ3) is 2.26. The van der Waals surface area contributed by atoms with Crippen molar-refractivity contribution in [3.05, 3.63) is 29.3 Å². The van der Waals surface area contributed by atoms with Crippen LogP contribution < -0.4 is 4.74 Å². The van der Waals surface area contributed by atoms with Crippen molar-refractivity contribution in [2.45, 2.75) is 26.2 Å². The molecule has 0 aliphatic carbocycles. The van der Waals surface area contributed by atoms with Crippen LogP contribution in [0.25, 0.3) is 0 Å². The fourth-order valence-corrected chi connectivity index (χ4v) is 1.47. The van der Waals surface area contributed by atoms with Crippen molar-refractivity contribution in [2.75, 3.05) is 7.11 Å². The van der Waals surface area contributed by atoms with Crippen molar-refractivity contribution < 1.29 is 4.74 Å². The van der Waals surface area contributed by atoms with Gasteiger partial charge in [-0.2, -0.15) is 5.26 Å². The molecule has 1 aromatic rings. The van der Waals surface area contributed by atoms with E-state index in [1.54, 1.807) is 7.11 Å². The lowest BCUT2D eigenvalue weighted by Gasteiger charge is -2.08. The van der Waals surface area contributed by atoms with Crippen molar-refractivity contribution in [3.63, 3.8) is 0 Å². The van der Waals surface area contributed by atoms with Gasteiger partial charge in [0.2, 0.25) is 0 Å². The first-order valence-corrected chi connectivity index (χ1v) is 4.89. The highest BCUT2D eigenvalue weighted by Gasteiger charge is 2.07. The summed E-state index contributed by atoms with van der Waals surface area (Å²) in [5.74, 6) is 0.831. The molecule has 0 fully saturated rings. The van der Waals surface area contributed by atoms with E-state index in [1.165, 1.54) is 0 Å². The van der Waals surface area contributed by atoms with E-state index >= 15 is 0 Å². The topological polar surface area (TPSA) is 33.0 Å². The molecule has 0 radical (unpaired) electrons. The summed E-state index contributed by atoms with van der Waals surface area (Å²) in [5.41, 5.74) is 1.78. The maximum atomic E-state index is 8.93. The zero-order valence-corrected chi connectivity index (χ0v) is 8.71. The molecule has 0 unspecified atom stereocenters. The molecule has 14 heavy (non-hydrogen) atoms. The van der Waals surface area contributed by atoms with Gasteiger partial charge in [-0.25, -0.2) is 0 Å². The summed E-state index contributed by atoms with van der Waals surface area (Å²) in [6.07, 6.45) is 3.14. The lowest BCUT2D eigenvalue weighted by molar-refractivity contribution is 0.409. The first kappa shape index (κ1) is 10.6. The average molecular weight is 189 g/mol. The minimum atomic E-state index is 0.734. The predicted octanol–water partition coefficient (Wildman–Crippen LogP) is 2.91. The molecule has 0 amide bonds. The average Bonchev–Trinajstić information content (AvgIpc) is 2.25. The third-order valence-electron chi connectivity index (χ3n) is 2.25. The quantitative estimate of drug-likeness (QED) is 0.729. The van der Waals surface area contributed by atoms with Gasteiger partial charge in [0, 0.05) is 5.56 Å². The number of hydrogen-bond donors (Lipinski definition) is 0. The molecule has 0 heterocycles. The van der Waals surface area contributed by atoms with Crippen LogP contribution in [0, 0.1) is 11.3 Å². The van der Waals surface area contributed by atoms with E-state index in [1.807, 2.05) is 18.2 Å². The molecule has 1 rings (SSSR count). The molecule has 0 spiro atoms. The van der Waals surface area contributed by atoms with Crippen molar-refractivity contribution in [1.82, 2.24) is 0 Å². The largest absolute Gasteiger partial charge is 0.496 e. The van der Waals surface area contributed by atoms with Crippen LogP contribution in [0.15, 0.2) is 18.2 Å². The van der Waals surface area contributed by atoms with Gasteiger partial charge in [-0.05, 0) is 25.0 Å². The highest BCUT2D eigenvalue weighted by molar-refractivity contribution is 5.46. The standard InChI is InChI=1S/C12H15NO/c1-3-4-7-11-10(9-13)6-5-8-12(11)14-2/h5-6,8H,3-4,7H2,1-2H3. The molecule has 0 atom stereocenters. The Morgan fingerprint density at radius 3 is 2.79 bits per heavy atom. The van der Waals surface area contributed by atoms with E-state index in [0.29, 0.717) is 0 Å². The first-order chi connectivity index (χ1) is 6.83. The molecule has 0 aliphatic rings. The number of hydrogen-bond acceptors (Lipinski definition) is 2. The zero-order valence-electron chi connectivity index (χ0n) is 8.71. The van der Waals surface area contributed by atoms with Crippen LogP contribution in [0.1, 0.15) is 30.9 Å². The molecule has 0 N–H and O–H groups in total. The maximum Gasteiger partial charge on any atom is 0.123 e. The van der Waals surface area contributed by atoms with E-state index in [9.17, 15) is 0 Å². The summed E-state index contributed by atoms with van der Waals surface area (Å²) in [6, 6.07) is 7.80. The van der Waals surface area contributed by atoms with Crippen LogP contribution in [-0.4, -0.2) is 7.11 Å². The molecule has 0 saturated carbocycles.